The number of carbonyl (C=O) groups excluding carboxylic acids is 1. The number of ether oxygens (including phenoxy) is 3. The Hall–Kier alpha value is -4.43. The van der Waals surface area contributed by atoms with Gasteiger partial charge in [0.1, 0.15) is 23.9 Å². The lowest BCUT2D eigenvalue weighted by Crippen LogP contribution is -2.29. The van der Waals surface area contributed by atoms with Gasteiger partial charge in [0.05, 0.1) is 30.3 Å². The Bertz CT molecular complexity index is 1670. The molecule has 192 valence electrons. The third-order valence-corrected chi connectivity index (χ3v) is 6.79. The maximum Gasteiger partial charge on any atom is 0.169 e. The zero-order valence-electron chi connectivity index (χ0n) is 21.2. The van der Waals surface area contributed by atoms with Crippen LogP contribution in [-0.4, -0.2) is 35.2 Å². The Kier molecular flexibility index (Phi) is 5.96. The van der Waals surface area contributed by atoms with Crippen LogP contribution in [0.2, 0.25) is 0 Å². The molecule has 8 heteroatoms. The van der Waals surface area contributed by atoms with Crippen LogP contribution >= 0.6 is 0 Å². The zero-order chi connectivity index (χ0) is 26.3. The second-order valence-corrected chi connectivity index (χ2v) is 9.80. The molecular weight excluding hydrogens is 482 g/mol. The van der Waals surface area contributed by atoms with E-state index < -0.39 is 0 Å². The summed E-state index contributed by atoms with van der Waals surface area (Å²) in [6.07, 6.45) is 3.80. The normalized spacial score (nSPS) is 14.0. The number of Topliss-reactive ketones (excluding diaryl/α,β-unsaturated/α-hetero) is 1. The van der Waals surface area contributed by atoms with Crippen molar-refractivity contribution in [3.8, 4) is 23.0 Å². The number of carbonyl (C=O) groups is 1. The number of hydrogen-bond acceptors (Lipinski definition) is 8. The quantitative estimate of drug-likeness (QED) is 0.249. The summed E-state index contributed by atoms with van der Waals surface area (Å²) in [5.41, 5.74) is 7.91. The van der Waals surface area contributed by atoms with Crippen LogP contribution < -0.4 is 19.9 Å². The van der Waals surface area contributed by atoms with E-state index in [1.807, 2.05) is 54.6 Å². The lowest BCUT2D eigenvalue weighted by molar-refractivity contribution is 0.0992. The average molecular weight is 510 g/mol. The SMILES string of the molecule is COc1cc2c(Oc3ccc4c(C(=O)Cc5cc(C)on5)cccc4c3)ccnc2cc1OCC1(N)CC1. The van der Waals surface area contributed by atoms with E-state index in [1.54, 1.807) is 26.3 Å². The van der Waals surface area contributed by atoms with Crippen molar-refractivity contribution in [2.45, 2.75) is 31.7 Å². The van der Waals surface area contributed by atoms with Crippen molar-refractivity contribution in [1.29, 1.82) is 0 Å². The molecule has 2 heterocycles. The van der Waals surface area contributed by atoms with Crippen LogP contribution in [0.1, 0.15) is 34.7 Å². The standard InChI is InChI=1S/C30H27N3O5/c1-18-12-20(33-38-18)14-26(34)23-5-3-4-19-13-21(6-7-22(19)23)37-27-8-11-32-25-16-29(28(35-2)15-24(25)27)36-17-30(31)9-10-30/h3-8,11-13,15-16H,9-10,14,17,31H2,1-2H3. The maximum absolute atomic E-state index is 13.0. The van der Waals surface area contributed by atoms with Crippen LogP contribution in [0.4, 0.5) is 0 Å². The van der Waals surface area contributed by atoms with Crippen LogP contribution in [0.25, 0.3) is 21.7 Å². The van der Waals surface area contributed by atoms with Gasteiger partial charge in [0.2, 0.25) is 0 Å². The van der Waals surface area contributed by atoms with Gasteiger partial charge in [-0.3, -0.25) is 9.78 Å². The summed E-state index contributed by atoms with van der Waals surface area (Å²) in [6.45, 7) is 2.24. The van der Waals surface area contributed by atoms with E-state index in [2.05, 4.69) is 10.1 Å². The monoisotopic (exact) mass is 509 g/mol. The fourth-order valence-electron chi connectivity index (χ4n) is 4.47. The number of benzene rings is 3. The van der Waals surface area contributed by atoms with E-state index in [0.29, 0.717) is 46.6 Å². The van der Waals surface area contributed by atoms with Crippen molar-refractivity contribution >= 4 is 27.5 Å². The van der Waals surface area contributed by atoms with Gasteiger partial charge in [0, 0.05) is 29.3 Å². The van der Waals surface area contributed by atoms with Gasteiger partial charge in [-0.2, -0.15) is 0 Å². The van der Waals surface area contributed by atoms with Gasteiger partial charge in [-0.15, -0.1) is 0 Å². The van der Waals surface area contributed by atoms with Gasteiger partial charge in [0.25, 0.3) is 0 Å². The second-order valence-electron chi connectivity index (χ2n) is 9.80. The van der Waals surface area contributed by atoms with Gasteiger partial charge in [0.15, 0.2) is 17.3 Å². The molecule has 1 saturated carbocycles. The molecule has 0 spiro atoms. The molecule has 0 saturated heterocycles. The zero-order valence-corrected chi connectivity index (χ0v) is 21.2. The Morgan fingerprint density at radius 1 is 1.03 bits per heavy atom. The number of fused-ring (bicyclic) bond motifs is 2. The third kappa shape index (κ3) is 4.78. The molecule has 5 aromatic rings. The number of aromatic nitrogens is 2. The largest absolute Gasteiger partial charge is 0.493 e. The molecule has 0 atom stereocenters. The molecule has 0 bridgehead atoms. The molecule has 1 fully saturated rings. The number of ketones is 1. The van der Waals surface area contributed by atoms with E-state index >= 15 is 0 Å². The molecule has 2 N–H and O–H groups in total. The first-order chi connectivity index (χ1) is 18.4. The van der Waals surface area contributed by atoms with Crippen molar-refractivity contribution in [3.63, 3.8) is 0 Å². The van der Waals surface area contributed by atoms with E-state index in [4.69, 9.17) is 24.5 Å². The van der Waals surface area contributed by atoms with Crippen molar-refractivity contribution in [3.05, 3.63) is 83.9 Å². The predicted molar refractivity (Wildman–Crippen MR) is 143 cm³/mol. The van der Waals surface area contributed by atoms with Crippen molar-refractivity contribution in [2.24, 2.45) is 5.73 Å². The number of methoxy groups -OCH3 is 1. The summed E-state index contributed by atoms with van der Waals surface area (Å²) < 4.78 is 23.0. The molecule has 0 unspecified atom stereocenters. The number of aryl methyl sites for hydroxylation is 1. The Labute approximate surface area is 219 Å². The molecule has 0 amide bonds. The maximum atomic E-state index is 13.0. The van der Waals surface area contributed by atoms with Crippen molar-refractivity contribution < 1.29 is 23.5 Å². The number of nitrogens with zero attached hydrogens (tertiary/aromatic N) is 2. The minimum Gasteiger partial charge on any atom is -0.493 e. The first-order valence-electron chi connectivity index (χ1n) is 12.5. The Morgan fingerprint density at radius 2 is 1.89 bits per heavy atom. The number of rotatable bonds is 9. The topological polar surface area (TPSA) is 110 Å². The van der Waals surface area contributed by atoms with Crippen LogP contribution in [0.5, 0.6) is 23.0 Å². The molecule has 1 aliphatic rings. The minimum atomic E-state index is -0.242. The molecule has 1 aliphatic carbocycles. The summed E-state index contributed by atoms with van der Waals surface area (Å²) in [5.74, 6) is 3.11. The lowest BCUT2D eigenvalue weighted by atomic mass is 9.99. The van der Waals surface area contributed by atoms with Gasteiger partial charge >= 0.3 is 0 Å². The summed E-state index contributed by atoms with van der Waals surface area (Å²) in [5, 5.41) is 6.48. The van der Waals surface area contributed by atoms with Gasteiger partial charge in [-0.1, -0.05) is 23.4 Å². The number of hydrogen-bond donors (Lipinski definition) is 1. The Morgan fingerprint density at radius 3 is 2.66 bits per heavy atom. The summed E-state index contributed by atoms with van der Waals surface area (Å²) in [4.78, 5) is 17.5. The number of nitrogens with two attached hydrogens (primary N) is 1. The van der Waals surface area contributed by atoms with Crippen LogP contribution in [-0.2, 0) is 6.42 Å². The highest BCUT2D eigenvalue weighted by molar-refractivity contribution is 6.09. The summed E-state index contributed by atoms with van der Waals surface area (Å²) in [6, 6.07) is 18.6. The van der Waals surface area contributed by atoms with Crippen LogP contribution in [0, 0.1) is 6.92 Å². The number of pyridine rings is 1. The second kappa shape index (κ2) is 9.46. The van der Waals surface area contributed by atoms with Gasteiger partial charge < -0.3 is 24.5 Å². The molecule has 3 aromatic carbocycles. The summed E-state index contributed by atoms with van der Waals surface area (Å²) in [7, 11) is 1.60. The molecule has 6 rings (SSSR count). The third-order valence-electron chi connectivity index (χ3n) is 6.79. The molecular formula is C30H27N3O5. The molecule has 2 aromatic heterocycles. The molecule has 8 nitrogen and oxygen atoms in total. The van der Waals surface area contributed by atoms with E-state index in [-0.39, 0.29) is 17.7 Å². The van der Waals surface area contributed by atoms with Gasteiger partial charge in [-0.05, 0) is 60.9 Å². The lowest BCUT2D eigenvalue weighted by Gasteiger charge is -2.16. The smallest absolute Gasteiger partial charge is 0.169 e. The first-order valence-corrected chi connectivity index (χ1v) is 12.5. The van der Waals surface area contributed by atoms with Crippen LogP contribution in [0.15, 0.2) is 71.4 Å². The van der Waals surface area contributed by atoms with Gasteiger partial charge in [-0.25, -0.2) is 0 Å². The molecule has 38 heavy (non-hydrogen) atoms. The highest BCUT2D eigenvalue weighted by Crippen LogP contribution is 2.39. The average Bonchev–Trinajstić information content (AvgIpc) is 3.53. The summed E-state index contributed by atoms with van der Waals surface area (Å²) >= 11 is 0. The fraction of sp³-hybridized carbons (Fsp3) is 0.233. The van der Waals surface area contributed by atoms with E-state index in [1.165, 1.54) is 0 Å². The Balaban J connectivity index is 1.28. The van der Waals surface area contributed by atoms with E-state index in [0.717, 1.165) is 34.5 Å². The van der Waals surface area contributed by atoms with Crippen molar-refractivity contribution in [2.75, 3.05) is 13.7 Å². The van der Waals surface area contributed by atoms with E-state index in [9.17, 15) is 4.79 Å². The highest BCUT2D eigenvalue weighted by Gasteiger charge is 2.39. The predicted octanol–water partition coefficient (Wildman–Crippen LogP) is 5.78. The first kappa shape index (κ1) is 23.9. The van der Waals surface area contributed by atoms with Crippen LogP contribution in [0.3, 0.4) is 0 Å². The molecule has 0 aliphatic heterocycles. The molecule has 0 radical (unpaired) electrons. The fourth-order valence-corrected chi connectivity index (χ4v) is 4.47. The highest BCUT2D eigenvalue weighted by atomic mass is 16.5. The minimum absolute atomic E-state index is 0.0231. The van der Waals surface area contributed by atoms with Crippen molar-refractivity contribution in [1.82, 2.24) is 10.1 Å².